The summed E-state index contributed by atoms with van der Waals surface area (Å²) in [6, 6.07) is 3.14. The first-order valence-corrected chi connectivity index (χ1v) is 8.58. The van der Waals surface area contributed by atoms with Crippen molar-refractivity contribution in [3.63, 3.8) is 0 Å². The molecule has 0 aliphatic carbocycles. The second-order valence-electron chi connectivity index (χ2n) is 7.09. The molecule has 1 aromatic heterocycles. The molecule has 134 valence electrons. The number of carbonyl (C=O) groups excluding carboxylic acids is 2. The number of β-lactam (4-membered cyclic amide) rings is 1. The van der Waals surface area contributed by atoms with Crippen LogP contribution in [0.4, 0.5) is 0 Å². The average Bonchev–Trinajstić information content (AvgIpc) is 2.95. The molecule has 3 aliphatic heterocycles. The molecule has 3 atom stereocenters. The van der Waals surface area contributed by atoms with E-state index in [2.05, 4.69) is 0 Å². The Labute approximate surface area is 150 Å². The standard InChI is InChI=1S/C19H19N3O4/c1-11(23)21-10-14-8-13(6-5-12-4-3-7-20(2)9-12)16(19(25)26)22-15(14)17(21)18(22)24/h3-7,9,14-15,17H,8,10H2,1-2H3/p+1/b6-5+/t14?,15-,17?/m1/s1. The molecule has 3 aliphatic rings. The zero-order chi connectivity index (χ0) is 18.6. The summed E-state index contributed by atoms with van der Waals surface area (Å²) in [6.45, 7) is 1.95. The maximum atomic E-state index is 12.6. The number of amides is 2. The number of aliphatic carboxylic acids is 1. The molecule has 0 bridgehead atoms. The first-order chi connectivity index (χ1) is 12.4. The number of rotatable bonds is 3. The molecule has 0 aromatic carbocycles. The molecule has 7 heteroatoms. The minimum absolute atomic E-state index is 0.0504. The van der Waals surface area contributed by atoms with Gasteiger partial charge in [-0.1, -0.05) is 6.08 Å². The highest BCUT2D eigenvalue weighted by Crippen LogP contribution is 2.47. The van der Waals surface area contributed by atoms with Crippen LogP contribution in [0.3, 0.4) is 0 Å². The molecule has 4 heterocycles. The van der Waals surface area contributed by atoms with Crippen molar-refractivity contribution in [2.45, 2.75) is 25.4 Å². The van der Waals surface area contributed by atoms with Crippen LogP contribution in [0.5, 0.6) is 0 Å². The first-order valence-electron chi connectivity index (χ1n) is 8.58. The minimum atomic E-state index is -1.10. The molecule has 0 saturated carbocycles. The van der Waals surface area contributed by atoms with Gasteiger partial charge in [-0.25, -0.2) is 9.36 Å². The molecule has 1 aromatic rings. The summed E-state index contributed by atoms with van der Waals surface area (Å²) in [5, 5.41) is 9.69. The molecular formula is C19H20N3O4+. The summed E-state index contributed by atoms with van der Waals surface area (Å²) >= 11 is 0. The van der Waals surface area contributed by atoms with E-state index < -0.39 is 12.0 Å². The predicted octanol–water partition coefficient (Wildman–Crippen LogP) is 0.324. The Balaban J connectivity index is 1.70. The third-order valence-corrected chi connectivity index (χ3v) is 5.44. The lowest BCUT2D eigenvalue weighted by Gasteiger charge is -2.49. The van der Waals surface area contributed by atoms with Gasteiger partial charge in [0.1, 0.15) is 18.8 Å². The normalized spacial score (nSPS) is 27.0. The van der Waals surface area contributed by atoms with Gasteiger partial charge in [0, 0.05) is 31.0 Å². The summed E-state index contributed by atoms with van der Waals surface area (Å²) in [5.41, 5.74) is 1.62. The number of pyridine rings is 1. The summed E-state index contributed by atoms with van der Waals surface area (Å²) in [5.74, 6) is -1.45. The van der Waals surface area contributed by atoms with Gasteiger partial charge in [-0.2, -0.15) is 0 Å². The van der Waals surface area contributed by atoms with Crippen LogP contribution in [-0.4, -0.2) is 51.3 Å². The Morgan fingerprint density at radius 2 is 2.12 bits per heavy atom. The van der Waals surface area contributed by atoms with Gasteiger partial charge in [-0.3, -0.25) is 14.5 Å². The van der Waals surface area contributed by atoms with E-state index in [9.17, 15) is 19.5 Å². The Bertz CT molecular complexity index is 889. The second kappa shape index (κ2) is 5.79. The molecule has 2 fully saturated rings. The van der Waals surface area contributed by atoms with Crippen molar-refractivity contribution in [1.82, 2.24) is 9.80 Å². The summed E-state index contributed by atoms with van der Waals surface area (Å²) in [6.07, 6.45) is 8.04. The van der Waals surface area contributed by atoms with Crippen LogP contribution in [-0.2, 0) is 21.4 Å². The lowest BCUT2D eigenvalue weighted by atomic mass is 9.79. The van der Waals surface area contributed by atoms with Gasteiger partial charge >= 0.3 is 5.97 Å². The van der Waals surface area contributed by atoms with Gasteiger partial charge in [-0.15, -0.1) is 0 Å². The molecule has 2 unspecified atom stereocenters. The van der Waals surface area contributed by atoms with E-state index in [1.807, 2.05) is 42.2 Å². The van der Waals surface area contributed by atoms with Crippen LogP contribution < -0.4 is 4.57 Å². The number of carbonyl (C=O) groups is 3. The van der Waals surface area contributed by atoms with Crippen molar-refractivity contribution in [1.29, 1.82) is 0 Å². The van der Waals surface area contributed by atoms with Gasteiger partial charge in [-0.05, 0) is 24.1 Å². The number of aromatic nitrogens is 1. The van der Waals surface area contributed by atoms with E-state index in [0.717, 1.165) is 5.56 Å². The highest BCUT2D eigenvalue weighted by molar-refractivity contribution is 6.02. The van der Waals surface area contributed by atoms with Crippen LogP contribution in [0, 0.1) is 5.92 Å². The zero-order valence-electron chi connectivity index (χ0n) is 14.6. The highest BCUT2D eigenvalue weighted by Gasteiger charge is 2.63. The van der Waals surface area contributed by atoms with Crippen molar-refractivity contribution in [2.24, 2.45) is 13.0 Å². The fraction of sp³-hybridized carbons (Fsp3) is 0.368. The number of allylic oxidation sites excluding steroid dienone is 2. The number of carboxylic acid groups (broad SMARTS) is 1. The van der Waals surface area contributed by atoms with E-state index in [0.29, 0.717) is 18.5 Å². The number of nitrogens with zero attached hydrogens (tertiary/aromatic N) is 3. The SMILES string of the molecule is CC(=O)N1CC2CC(/C=C/c3ccc[n+](C)c3)=C(C(=O)O)N3C(=O)C1[C@@H]23. The maximum absolute atomic E-state index is 12.6. The molecular weight excluding hydrogens is 334 g/mol. The third kappa shape index (κ3) is 2.34. The van der Waals surface area contributed by atoms with Crippen LogP contribution in [0.25, 0.3) is 6.08 Å². The van der Waals surface area contributed by atoms with Gasteiger partial charge in [0.2, 0.25) is 5.91 Å². The Hall–Kier alpha value is -2.96. The van der Waals surface area contributed by atoms with Crippen molar-refractivity contribution in [2.75, 3.05) is 6.54 Å². The summed E-state index contributed by atoms with van der Waals surface area (Å²) in [4.78, 5) is 39.2. The molecule has 26 heavy (non-hydrogen) atoms. The molecule has 0 radical (unpaired) electrons. The summed E-state index contributed by atoms with van der Waals surface area (Å²) < 4.78 is 1.91. The number of hydrogen-bond acceptors (Lipinski definition) is 3. The lowest BCUT2D eigenvalue weighted by Crippen LogP contribution is -2.69. The predicted molar refractivity (Wildman–Crippen MR) is 91.2 cm³/mol. The van der Waals surface area contributed by atoms with Crippen molar-refractivity contribution in [3.05, 3.63) is 47.4 Å². The zero-order valence-corrected chi connectivity index (χ0v) is 14.6. The van der Waals surface area contributed by atoms with Gasteiger partial charge in [0.15, 0.2) is 12.4 Å². The van der Waals surface area contributed by atoms with Gasteiger partial charge < -0.3 is 10.0 Å². The Morgan fingerprint density at radius 3 is 2.77 bits per heavy atom. The van der Waals surface area contributed by atoms with Crippen molar-refractivity contribution < 1.29 is 24.1 Å². The van der Waals surface area contributed by atoms with Crippen LogP contribution in [0.2, 0.25) is 0 Å². The van der Waals surface area contributed by atoms with Crippen molar-refractivity contribution >= 4 is 23.9 Å². The van der Waals surface area contributed by atoms with Crippen LogP contribution in [0.1, 0.15) is 18.9 Å². The topological polar surface area (TPSA) is 81.8 Å². The quantitative estimate of drug-likeness (QED) is 0.626. The second-order valence-corrected chi connectivity index (χ2v) is 7.09. The fourth-order valence-electron chi connectivity index (χ4n) is 4.35. The van der Waals surface area contributed by atoms with Gasteiger partial charge in [0.25, 0.3) is 5.91 Å². The smallest absolute Gasteiger partial charge is 0.352 e. The van der Waals surface area contributed by atoms with E-state index >= 15 is 0 Å². The average molecular weight is 354 g/mol. The molecule has 2 amide bonds. The molecule has 4 rings (SSSR count). The maximum Gasteiger partial charge on any atom is 0.352 e. The summed E-state index contributed by atoms with van der Waals surface area (Å²) in [7, 11) is 1.91. The Morgan fingerprint density at radius 1 is 1.35 bits per heavy atom. The minimum Gasteiger partial charge on any atom is -0.477 e. The first kappa shape index (κ1) is 16.5. The van der Waals surface area contributed by atoms with E-state index in [1.54, 1.807) is 11.0 Å². The number of hydrogen-bond donors (Lipinski definition) is 1. The number of carboxylic acids is 1. The number of likely N-dealkylation sites (tertiary alicyclic amines) is 1. The highest BCUT2D eigenvalue weighted by atomic mass is 16.4. The van der Waals surface area contributed by atoms with Crippen molar-refractivity contribution in [3.8, 4) is 0 Å². The number of aryl methyl sites for hydroxylation is 1. The Kier molecular flexibility index (Phi) is 3.68. The van der Waals surface area contributed by atoms with E-state index in [1.165, 1.54) is 11.8 Å². The van der Waals surface area contributed by atoms with E-state index in [-0.39, 0.29) is 29.5 Å². The monoisotopic (exact) mass is 354 g/mol. The molecule has 1 N–H and O–H groups in total. The van der Waals surface area contributed by atoms with Crippen LogP contribution in [0.15, 0.2) is 41.9 Å². The third-order valence-electron chi connectivity index (χ3n) is 5.44. The molecule has 0 spiro atoms. The molecule has 2 saturated heterocycles. The largest absolute Gasteiger partial charge is 0.477 e. The molecule has 7 nitrogen and oxygen atoms in total. The lowest BCUT2D eigenvalue weighted by molar-refractivity contribution is -0.671. The fourth-order valence-corrected chi connectivity index (χ4v) is 4.35. The van der Waals surface area contributed by atoms with E-state index in [4.69, 9.17) is 0 Å². The van der Waals surface area contributed by atoms with Crippen LogP contribution >= 0.6 is 0 Å². The van der Waals surface area contributed by atoms with Gasteiger partial charge in [0.05, 0.1) is 6.04 Å².